The Hall–Kier alpha value is -4.02. The van der Waals surface area contributed by atoms with E-state index in [0.29, 0.717) is 5.56 Å². The topological polar surface area (TPSA) is 189 Å². The van der Waals surface area contributed by atoms with Crippen LogP contribution >= 0.6 is 0 Å². The van der Waals surface area contributed by atoms with E-state index in [0.717, 1.165) is 0 Å². The van der Waals surface area contributed by atoms with E-state index in [2.05, 4.69) is 14.8 Å². The van der Waals surface area contributed by atoms with Gasteiger partial charge in [0.2, 0.25) is 0 Å². The Balaban J connectivity index is 0.000000636. The summed E-state index contributed by atoms with van der Waals surface area (Å²) < 4.78 is 4.89. The first-order valence-electron chi connectivity index (χ1n) is 9.53. The van der Waals surface area contributed by atoms with Gasteiger partial charge in [0.1, 0.15) is 12.4 Å². The number of aromatic amines is 1. The van der Waals surface area contributed by atoms with Gasteiger partial charge in [0.25, 0.3) is 11.5 Å². The molecule has 3 atom stereocenters. The Morgan fingerprint density at radius 2 is 2.09 bits per heavy atom. The van der Waals surface area contributed by atoms with Crippen molar-refractivity contribution in [3.05, 3.63) is 64.2 Å². The lowest BCUT2D eigenvalue weighted by molar-refractivity contribution is -0.384. The maximum atomic E-state index is 12.2. The molecule has 1 aromatic carbocycles. The van der Waals surface area contributed by atoms with E-state index >= 15 is 0 Å². The zero-order valence-corrected chi connectivity index (χ0v) is 17.1. The molecule has 0 saturated heterocycles. The van der Waals surface area contributed by atoms with Gasteiger partial charge in [0.15, 0.2) is 0 Å². The van der Waals surface area contributed by atoms with Gasteiger partial charge < -0.3 is 20.4 Å². The van der Waals surface area contributed by atoms with Crippen molar-refractivity contribution >= 4 is 28.9 Å². The highest BCUT2D eigenvalue weighted by Crippen LogP contribution is 2.36. The third-order valence-corrected chi connectivity index (χ3v) is 4.79. The number of rotatable bonds is 8. The van der Waals surface area contributed by atoms with Gasteiger partial charge in [0.05, 0.1) is 17.4 Å². The van der Waals surface area contributed by atoms with Gasteiger partial charge in [-0.15, -0.1) is 0 Å². The van der Waals surface area contributed by atoms with Gasteiger partial charge in [-0.25, -0.2) is 9.78 Å². The van der Waals surface area contributed by atoms with Crippen molar-refractivity contribution in [2.24, 2.45) is 11.8 Å². The molecule has 1 heterocycles. The van der Waals surface area contributed by atoms with Gasteiger partial charge in [-0.1, -0.05) is 0 Å². The number of ether oxygens (including phenoxy) is 1. The zero-order valence-electron chi connectivity index (χ0n) is 17.1. The van der Waals surface area contributed by atoms with Crippen LogP contribution < -0.4 is 0 Å². The summed E-state index contributed by atoms with van der Waals surface area (Å²) in [5.74, 6) is -3.21. The summed E-state index contributed by atoms with van der Waals surface area (Å²) in [6.45, 7) is 1.17. The number of nitro groups is 1. The van der Waals surface area contributed by atoms with Gasteiger partial charge in [-0.3, -0.25) is 19.7 Å². The summed E-state index contributed by atoms with van der Waals surface area (Å²) in [6, 6.07) is 5.24. The number of nitrogens with zero attached hydrogens (tertiary/aromatic N) is 4. The average Bonchev–Trinajstić information content (AvgIpc) is 3.32. The predicted molar refractivity (Wildman–Crippen MR) is 108 cm³/mol. The number of hydrogen-bond acceptors (Lipinski definition) is 8. The lowest BCUT2D eigenvalue weighted by Gasteiger charge is -2.36. The van der Waals surface area contributed by atoms with Crippen molar-refractivity contribution in [1.82, 2.24) is 9.97 Å². The molecule has 1 aromatic heterocycles. The Labute approximate surface area is 182 Å². The van der Waals surface area contributed by atoms with E-state index in [1.54, 1.807) is 18.7 Å². The van der Waals surface area contributed by atoms with Crippen molar-refractivity contribution in [3.63, 3.8) is 0 Å². The first kappa shape index (κ1) is 24.3. The third-order valence-electron chi connectivity index (χ3n) is 4.79. The van der Waals surface area contributed by atoms with Crippen LogP contribution in [-0.4, -0.2) is 54.1 Å². The van der Waals surface area contributed by atoms with Gasteiger partial charge in [-0.05, 0) is 30.5 Å². The van der Waals surface area contributed by atoms with Gasteiger partial charge in [-0.2, -0.15) is 4.79 Å². The van der Waals surface area contributed by atoms with Crippen molar-refractivity contribution in [1.29, 1.82) is 0 Å². The van der Waals surface area contributed by atoms with E-state index in [1.807, 2.05) is 0 Å². The number of nitrogens with one attached hydrogen (secondary N) is 1. The number of nitro benzene ring substituents is 1. The number of aromatic nitrogens is 2. The van der Waals surface area contributed by atoms with E-state index in [-0.39, 0.29) is 30.9 Å². The van der Waals surface area contributed by atoms with Gasteiger partial charge >= 0.3 is 11.7 Å². The number of esters is 1. The molecule has 3 rings (SSSR count). The minimum Gasteiger partial charge on any atom is -0.452 e. The third kappa shape index (κ3) is 6.49. The van der Waals surface area contributed by atoms with Crippen LogP contribution in [0, 0.1) is 22.0 Å². The first-order chi connectivity index (χ1) is 15.2. The predicted octanol–water partition coefficient (Wildman–Crippen LogP) is 1.26. The second kappa shape index (κ2) is 11.4. The molecule has 12 heteroatoms. The van der Waals surface area contributed by atoms with Crippen molar-refractivity contribution in [2.45, 2.75) is 32.5 Å². The van der Waals surface area contributed by atoms with Crippen LogP contribution in [0.1, 0.15) is 25.3 Å². The number of aliphatic hydroxyl groups is 1. The lowest BCUT2D eigenvalue weighted by atomic mass is 9.67. The van der Waals surface area contributed by atoms with E-state index in [9.17, 15) is 29.6 Å². The standard InChI is InChI=1S/C17H17N3O7.C3H4N2/c1-9(21)15-11(6-13(15)22)7-14(23)16(19-18)17(24)27-8-10-2-4-12(5-3-10)20(25)26;1-2-5-3-4-1/h2-5,9,11,15,21H,6-8H2,1H3;1-3H,(H,4,5)/t9-,11-,15-;/m1./s1. The smallest absolute Gasteiger partial charge is 0.441 e. The van der Waals surface area contributed by atoms with Crippen molar-refractivity contribution in [3.8, 4) is 0 Å². The summed E-state index contributed by atoms with van der Waals surface area (Å²) in [4.78, 5) is 54.7. The Kier molecular flexibility index (Phi) is 8.63. The second-order valence-corrected chi connectivity index (χ2v) is 7.03. The number of carbonyl (C=O) groups excluding carboxylic acids is 3. The highest BCUT2D eigenvalue weighted by molar-refractivity contribution is 6.62. The Morgan fingerprint density at radius 3 is 2.53 bits per heavy atom. The minimum absolute atomic E-state index is 0.109. The summed E-state index contributed by atoms with van der Waals surface area (Å²) in [5, 5.41) is 20.1. The fraction of sp³-hybridized carbons (Fsp3) is 0.350. The largest absolute Gasteiger partial charge is 0.452 e. The van der Waals surface area contributed by atoms with E-state index < -0.39 is 40.3 Å². The average molecular weight is 443 g/mol. The summed E-state index contributed by atoms with van der Waals surface area (Å²) in [5.41, 5.74) is 8.48. The minimum atomic E-state index is -1.15. The van der Waals surface area contributed by atoms with Crippen molar-refractivity contribution in [2.75, 3.05) is 0 Å². The van der Waals surface area contributed by atoms with E-state index in [1.165, 1.54) is 31.2 Å². The molecule has 1 saturated carbocycles. The molecule has 0 aliphatic heterocycles. The molecule has 0 unspecified atom stereocenters. The van der Waals surface area contributed by atoms with Crippen LogP contribution in [0.2, 0.25) is 0 Å². The molecule has 0 bridgehead atoms. The zero-order chi connectivity index (χ0) is 23.7. The molecule has 168 valence electrons. The molecule has 2 N–H and O–H groups in total. The number of ketones is 2. The number of benzene rings is 1. The van der Waals surface area contributed by atoms with Crippen LogP contribution in [0.3, 0.4) is 0 Å². The molecular weight excluding hydrogens is 422 g/mol. The highest BCUT2D eigenvalue weighted by atomic mass is 16.6. The molecule has 12 nitrogen and oxygen atoms in total. The van der Waals surface area contributed by atoms with Crippen molar-refractivity contribution < 1.29 is 33.9 Å². The van der Waals surface area contributed by atoms with Crippen LogP contribution in [0.15, 0.2) is 43.0 Å². The SMILES string of the molecule is C[C@@H](O)[C@H]1C(=O)C[C@@H]1CC(=O)C(=[N+]=[N-])C(=O)OCc1ccc([N+](=O)[O-])cc1.c1c[nH]cn1. The number of carbonyl (C=O) groups is 3. The normalized spacial score (nSPS) is 17.6. The summed E-state index contributed by atoms with van der Waals surface area (Å²) >= 11 is 0. The molecule has 1 aliphatic rings. The van der Waals surface area contributed by atoms with Crippen LogP contribution in [-0.2, 0) is 25.7 Å². The lowest BCUT2D eigenvalue weighted by Crippen LogP contribution is -2.45. The number of Topliss-reactive ketones (excluding diaryl/α,β-unsaturated/α-hetero) is 2. The molecule has 0 spiro atoms. The quantitative estimate of drug-likeness (QED) is 0.116. The number of H-pyrrole nitrogens is 1. The van der Waals surface area contributed by atoms with Gasteiger partial charge in [0, 0.05) is 43.3 Å². The first-order valence-corrected chi connectivity index (χ1v) is 9.53. The maximum absolute atomic E-state index is 12.2. The number of imidazole rings is 1. The fourth-order valence-electron chi connectivity index (χ4n) is 3.18. The number of non-ortho nitro benzene ring substituents is 1. The number of hydrogen-bond donors (Lipinski definition) is 2. The maximum Gasteiger partial charge on any atom is 0.441 e. The van der Waals surface area contributed by atoms with Crippen LogP contribution in [0.4, 0.5) is 5.69 Å². The molecule has 0 radical (unpaired) electrons. The molecule has 32 heavy (non-hydrogen) atoms. The molecule has 2 aromatic rings. The summed E-state index contributed by atoms with van der Waals surface area (Å²) in [6.07, 6.45) is 4.05. The second-order valence-electron chi connectivity index (χ2n) is 7.03. The van der Waals surface area contributed by atoms with Crippen LogP contribution in [0.5, 0.6) is 0 Å². The Morgan fingerprint density at radius 1 is 1.41 bits per heavy atom. The summed E-state index contributed by atoms with van der Waals surface area (Å²) in [7, 11) is 0. The van der Waals surface area contributed by atoms with E-state index in [4.69, 9.17) is 10.3 Å². The monoisotopic (exact) mass is 443 g/mol. The van der Waals surface area contributed by atoms with Crippen LogP contribution in [0.25, 0.3) is 5.53 Å². The molecular formula is C20H21N5O7. The molecule has 0 amide bonds. The molecule has 1 aliphatic carbocycles. The molecule has 1 fully saturated rings. The fourth-order valence-corrected chi connectivity index (χ4v) is 3.18. The number of aliphatic hydroxyl groups excluding tert-OH is 1. The highest BCUT2D eigenvalue weighted by Gasteiger charge is 2.45. The Bertz CT molecular complexity index is 994.